The van der Waals surface area contributed by atoms with Crippen molar-refractivity contribution in [2.45, 2.75) is 5.75 Å². The van der Waals surface area contributed by atoms with Crippen LogP contribution in [0.3, 0.4) is 0 Å². The molecule has 0 fully saturated rings. The number of benzene rings is 2. The molecule has 0 saturated heterocycles. The summed E-state index contributed by atoms with van der Waals surface area (Å²) in [6, 6.07) is 10.1. The van der Waals surface area contributed by atoms with Gasteiger partial charge in [-0.1, -0.05) is 29.3 Å². The summed E-state index contributed by atoms with van der Waals surface area (Å²) >= 11 is 13.5. The average Bonchev–Trinajstić information content (AvgIpc) is 2.73. The Labute approximate surface area is 197 Å². The Hall–Kier alpha value is -1.81. The summed E-state index contributed by atoms with van der Waals surface area (Å²) in [6.45, 7) is 0.0557. The fourth-order valence-corrected chi connectivity index (χ4v) is 4.62. The van der Waals surface area contributed by atoms with Gasteiger partial charge in [-0.25, -0.2) is 8.42 Å². The maximum absolute atomic E-state index is 12.4. The van der Waals surface area contributed by atoms with Crippen molar-refractivity contribution in [2.24, 2.45) is 0 Å². The van der Waals surface area contributed by atoms with Crippen LogP contribution in [0.4, 0.5) is 5.69 Å². The largest absolute Gasteiger partial charge is 0.493 e. The molecule has 0 aromatic heterocycles. The van der Waals surface area contributed by atoms with E-state index in [1.807, 2.05) is 12.1 Å². The smallest absolute Gasteiger partial charge is 0.240 e. The van der Waals surface area contributed by atoms with Crippen LogP contribution in [0.5, 0.6) is 11.5 Å². The number of carbonyl (C=O) groups excluding carboxylic acids is 1. The Bertz CT molecular complexity index is 1020. The molecule has 0 aliphatic carbocycles. The van der Waals surface area contributed by atoms with E-state index >= 15 is 0 Å². The minimum Gasteiger partial charge on any atom is -0.493 e. The highest BCUT2D eigenvalue weighted by molar-refractivity contribution is 7.98. The van der Waals surface area contributed by atoms with Gasteiger partial charge < -0.3 is 14.8 Å². The van der Waals surface area contributed by atoms with Gasteiger partial charge in [-0.2, -0.15) is 11.8 Å². The van der Waals surface area contributed by atoms with E-state index in [0.717, 1.165) is 16.1 Å². The highest BCUT2D eigenvalue weighted by Crippen LogP contribution is 2.32. The summed E-state index contributed by atoms with van der Waals surface area (Å²) < 4.78 is 35.9. The second-order valence-electron chi connectivity index (χ2n) is 6.46. The van der Waals surface area contributed by atoms with Gasteiger partial charge in [-0.3, -0.25) is 9.10 Å². The van der Waals surface area contributed by atoms with Gasteiger partial charge in [0.05, 0.1) is 36.2 Å². The number of anilines is 1. The number of amides is 1. The van der Waals surface area contributed by atoms with Crippen molar-refractivity contribution >= 4 is 56.6 Å². The quantitative estimate of drug-likeness (QED) is 0.466. The number of nitrogens with one attached hydrogen (secondary N) is 1. The third kappa shape index (κ3) is 7.68. The van der Waals surface area contributed by atoms with Crippen LogP contribution in [0.1, 0.15) is 5.56 Å². The molecule has 0 atom stereocenters. The fraction of sp³-hybridized carbons (Fsp3) is 0.350. The molecule has 0 aliphatic rings. The van der Waals surface area contributed by atoms with Crippen LogP contribution < -0.4 is 19.1 Å². The van der Waals surface area contributed by atoms with Crippen LogP contribution in [0, 0.1) is 0 Å². The molecule has 2 aromatic carbocycles. The molecule has 0 bridgehead atoms. The maximum atomic E-state index is 12.4. The van der Waals surface area contributed by atoms with Gasteiger partial charge in [0, 0.05) is 24.1 Å². The van der Waals surface area contributed by atoms with E-state index in [-0.39, 0.29) is 6.54 Å². The number of ether oxygens (including phenoxy) is 2. The van der Waals surface area contributed by atoms with E-state index in [2.05, 4.69) is 5.32 Å². The molecule has 7 nitrogen and oxygen atoms in total. The van der Waals surface area contributed by atoms with Gasteiger partial charge in [0.1, 0.15) is 6.54 Å². The molecule has 2 aromatic rings. The van der Waals surface area contributed by atoms with Crippen molar-refractivity contribution in [1.29, 1.82) is 0 Å². The molecule has 0 heterocycles. The molecule has 1 amide bonds. The first-order valence-corrected chi connectivity index (χ1v) is 12.9. The number of rotatable bonds is 11. The summed E-state index contributed by atoms with van der Waals surface area (Å²) in [4.78, 5) is 12.4. The lowest BCUT2D eigenvalue weighted by molar-refractivity contribution is -0.119. The summed E-state index contributed by atoms with van der Waals surface area (Å²) in [5.41, 5.74) is 1.34. The van der Waals surface area contributed by atoms with Crippen LogP contribution in [-0.2, 0) is 20.6 Å². The molecule has 0 radical (unpaired) electrons. The number of sulfonamides is 1. The summed E-state index contributed by atoms with van der Waals surface area (Å²) in [5.74, 6) is 1.79. The average molecular weight is 507 g/mol. The number of hydrogen-bond donors (Lipinski definition) is 1. The van der Waals surface area contributed by atoms with Crippen LogP contribution in [0.2, 0.25) is 10.0 Å². The van der Waals surface area contributed by atoms with Crippen molar-refractivity contribution in [1.82, 2.24) is 5.32 Å². The summed E-state index contributed by atoms with van der Waals surface area (Å²) in [6.07, 6.45) is 1.05. The topological polar surface area (TPSA) is 84.9 Å². The molecule has 2 rings (SSSR count). The minimum absolute atomic E-state index is 0.310. The van der Waals surface area contributed by atoms with Crippen LogP contribution in [0.15, 0.2) is 36.4 Å². The van der Waals surface area contributed by atoms with Crippen LogP contribution in [-0.4, -0.2) is 53.6 Å². The highest BCUT2D eigenvalue weighted by atomic mass is 35.5. The molecule has 0 saturated carbocycles. The predicted octanol–water partition coefficient (Wildman–Crippen LogP) is 3.83. The van der Waals surface area contributed by atoms with Gasteiger partial charge in [0.15, 0.2) is 11.5 Å². The van der Waals surface area contributed by atoms with Crippen LogP contribution >= 0.6 is 35.0 Å². The van der Waals surface area contributed by atoms with E-state index in [9.17, 15) is 13.2 Å². The van der Waals surface area contributed by atoms with E-state index in [4.69, 9.17) is 32.7 Å². The Kier molecular flexibility index (Phi) is 9.61. The number of halogens is 2. The zero-order valence-corrected chi connectivity index (χ0v) is 20.5. The van der Waals surface area contributed by atoms with Gasteiger partial charge in [0.2, 0.25) is 15.9 Å². The normalized spacial score (nSPS) is 11.1. The van der Waals surface area contributed by atoms with E-state index in [0.29, 0.717) is 45.3 Å². The first-order chi connectivity index (χ1) is 14.7. The van der Waals surface area contributed by atoms with Crippen molar-refractivity contribution in [3.8, 4) is 11.5 Å². The first-order valence-electron chi connectivity index (χ1n) is 9.13. The molecular weight excluding hydrogens is 483 g/mol. The number of carbonyl (C=O) groups is 1. The lowest BCUT2D eigenvalue weighted by Gasteiger charge is -2.23. The first kappa shape index (κ1) is 25.5. The zero-order valence-electron chi connectivity index (χ0n) is 17.4. The number of hydrogen-bond acceptors (Lipinski definition) is 6. The molecule has 170 valence electrons. The standard InChI is InChI=1S/C20H24Cl2N2O5S2/c1-28-18-7-5-15(11-19(18)29-2)24(31(3,26)27)12-20(25)23-8-9-30-13-14-4-6-16(21)17(22)10-14/h4-7,10-11H,8-9,12-13H2,1-3H3,(H,23,25). The van der Waals surface area contributed by atoms with E-state index in [1.54, 1.807) is 30.0 Å². The second kappa shape index (κ2) is 11.7. The number of methoxy groups -OCH3 is 2. The molecular formula is C20H24Cl2N2O5S2. The number of nitrogens with zero attached hydrogens (tertiary/aromatic N) is 1. The fourth-order valence-electron chi connectivity index (χ4n) is 2.65. The summed E-state index contributed by atoms with van der Waals surface area (Å²) in [5, 5.41) is 3.75. The predicted molar refractivity (Wildman–Crippen MR) is 127 cm³/mol. The second-order valence-corrected chi connectivity index (χ2v) is 10.3. The van der Waals surface area contributed by atoms with Crippen molar-refractivity contribution in [2.75, 3.05) is 43.6 Å². The van der Waals surface area contributed by atoms with Crippen molar-refractivity contribution in [3.63, 3.8) is 0 Å². The minimum atomic E-state index is -3.69. The molecule has 0 unspecified atom stereocenters. The SMILES string of the molecule is COc1ccc(N(CC(=O)NCCSCc2ccc(Cl)c(Cl)c2)S(C)(=O)=O)cc1OC. The number of thioether (sulfide) groups is 1. The zero-order chi connectivity index (χ0) is 23.0. The third-order valence-electron chi connectivity index (χ3n) is 4.16. The van der Waals surface area contributed by atoms with Crippen molar-refractivity contribution in [3.05, 3.63) is 52.0 Å². The molecule has 31 heavy (non-hydrogen) atoms. The highest BCUT2D eigenvalue weighted by Gasteiger charge is 2.22. The third-order valence-corrected chi connectivity index (χ3v) is 7.07. The molecule has 0 spiro atoms. The monoisotopic (exact) mass is 506 g/mol. The lowest BCUT2D eigenvalue weighted by Crippen LogP contribution is -2.41. The Morgan fingerprint density at radius 2 is 1.77 bits per heavy atom. The maximum Gasteiger partial charge on any atom is 0.240 e. The van der Waals surface area contributed by atoms with Gasteiger partial charge in [0.25, 0.3) is 0 Å². The Balaban J connectivity index is 1.91. The molecule has 0 aliphatic heterocycles. The Morgan fingerprint density at radius 1 is 1.06 bits per heavy atom. The van der Waals surface area contributed by atoms with E-state index < -0.39 is 15.9 Å². The molecule has 11 heteroatoms. The summed E-state index contributed by atoms with van der Waals surface area (Å²) in [7, 11) is -0.751. The lowest BCUT2D eigenvalue weighted by atomic mass is 10.2. The van der Waals surface area contributed by atoms with E-state index in [1.165, 1.54) is 20.3 Å². The van der Waals surface area contributed by atoms with Gasteiger partial charge in [-0.05, 0) is 29.8 Å². The van der Waals surface area contributed by atoms with Gasteiger partial charge in [-0.15, -0.1) is 0 Å². The van der Waals surface area contributed by atoms with Crippen LogP contribution in [0.25, 0.3) is 0 Å². The molecule has 1 N–H and O–H groups in total. The van der Waals surface area contributed by atoms with Crippen molar-refractivity contribution < 1.29 is 22.7 Å². The van der Waals surface area contributed by atoms with Gasteiger partial charge >= 0.3 is 0 Å². The Morgan fingerprint density at radius 3 is 2.39 bits per heavy atom.